The van der Waals surface area contributed by atoms with Crippen molar-refractivity contribution in [3.05, 3.63) is 47.6 Å². The first-order valence-corrected chi connectivity index (χ1v) is 7.28. The van der Waals surface area contributed by atoms with Crippen molar-refractivity contribution >= 4 is 5.91 Å². The summed E-state index contributed by atoms with van der Waals surface area (Å²) in [7, 11) is 0. The van der Waals surface area contributed by atoms with Gasteiger partial charge in [0.1, 0.15) is 0 Å². The molecule has 5 nitrogen and oxygen atoms in total. The SMILES string of the molecule is CC(C)(F)c1nc(C2CC(=O)N(Cc3ccccc3)C2)no1. The molecule has 0 spiro atoms. The second-order valence-electron chi connectivity index (χ2n) is 6.09. The molecule has 0 saturated carbocycles. The Morgan fingerprint density at radius 3 is 2.73 bits per heavy atom. The molecular formula is C16H18FN3O2. The van der Waals surface area contributed by atoms with Gasteiger partial charge in [-0.1, -0.05) is 35.5 Å². The van der Waals surface area contributed by atoms with E-state index in [0.29, 0.717) is 25.3 Å². The maximum atomic E-state index is 13.8. The Kier molecular flexibility index (Phi) is 3.68. The molecule has 1 fully saturated rings. The van der Waals surface area contributed by atoms with E-state index in [-0.39, 0.29) is 17.7 Å². The van der Waals surface area contributed by atoms with E-state index in [1.54, 1.807) is 4.90 Å². The maximum Gasteiger partial charge on any atom is 0.263 e. The molecule has 6 heteroatoms. The number of carbonyl (C=O) groups is 1. The predicted octanol–water partition coefficient (Wildman–Crippen LogP) is 2.79. The average molecular weight is 303 g/mol. The van der Waals surface area contributed by atoms with Gasteiger partial charge in [0.05, 0.1) is 0 Å². The van der Waals surface area contributed by atoms with Crippen molar-refractivity contribution in [2.45, 2.75) is 38.4 Å². The summed E-state index contributed by atoms with van der Waals surface area (Å²) in [6, 6.07) is 9.80. The molecule has 1 aromatic heterocycles. The normalized spacial score (nSPS) is 19.0. The number of nitrogens with zero attached hydrogens (tertiary/aromatic N) is 3. The second-order valence-corrected chi connectivity index (χ2v) is 6.09. The molecule has 1 aromatic carbocycles. The van der Waals surface area contributed by atoms with Crippen LogP contribution >= 0.6 is 0 Å². The van der Waals surface area contributed by atoms with E-state index in [4.69, 9.17) is 4.52 Å². The lowest BCUT2D eigenvalue weighted by molar-refractivity contribution is -0.128. The lowest BCUT2D eigenvalue weighted by Crippen LogP contribution is -2.24. The third-order valence-electron chi connectivity index (χ3n) is 3.75. The Labute approximate surface area is 128 Å². The highest BCUT2D eigenvalue weighted by Crippen LogP contribution is 2.30. The van der Waals surface area contributed by atoms with Crippen molar-refractivity contribution in [2.75, 3.05) is 6.54 Å². The Hall–Kier alpha value is -2.24. The molecule has 0 N–H and O–H groups in total. The number of benzene rings is 1. The molecule has 1 aliphatic rings. The first kappa shape index (κ1) is 14.7. The van der Waals surface area contributed by atoms with Gasteiger partial charge >= 0.3 is 0 Å². The summed E-state index contributed by atoms with van der Waals surface area (Å²) in [6.45, 7) is 3.83. The van der Waals surface area contributed by atoms with Crippen LogP contribution in [-0.4, -0.2) is 27.5 Å². The number of hydrogen-bond donors (Lipinski definition) is 0. The lowest BCUT2D eigenvalue weighted by atomic mass is 10.1. The summed E-state index contributed by atoms with van der Waals surface area (Å²) in [4.78, 5) is 18.0. The fourth-order valence-corrected chi connectivity index (χ4v) is 2.54. The molecule has 1 unspecified atom stereocenters. The highest BCUT2D eigenvalue weighted by atomic mass is 19.1. The Morgan fingerprint density at radius 1 is 1.36 bits per heavy atom. The van der Waals surface area contributed by atoms with E-state index in [2.05, 4.69) is 10.1 Å². The van der Waals surface area contributed by atoms with Gasteiger partial charge in [-0.3, -0.25) is 4.79 Å². The topological polar surface area (TPSA) is 59.2 Å². The average Bonchev–Trinajstić information content (AvgIpc) is 3.07. The van der Waals surface area contributed by atoms with E-state index in [9.17, 15) is 9.18 Å². The predicted molar refractivity (Wildman–Crippen MR) is 77.6 cm³/mol. The third kappa shape index (κ3) is 3.00. The molecular weight excluding hydrogens is 285 g/mol. The van der Waals surface area contributed by atoms with E-state index >= 15 is 0 Å². The van der Waals surface area contributed by atoms with Crippen LogP contribution in [-0.2, 0) is 17.0 Å². The highest BCUT2D eigenvalue weighted by Gasteiger charge is 2.35. The third-order valence-corrected chi connectivity index (χ3v) is 3.75. The minimum atomic E-state index is -1.67. The van der Waals surface area contributed by atoms with Crippen LogP contribution in [0.15, 0.2) is 34.9 Å². The zero-order valence-corrected chi connectivity index (χ0v) is 12.6. The van der Waals surface area contributed by atoms with Gasteiger partial charge in [-0.25, -0.2) is 4.39 Å². The van der Waals surface area contributed by atoms with E-state index in [0.717, 1.165) is 5.56 Å². The summed E-state index contributed by atoms with van der Waals surface area (Å²) in [5, 5.41) is 3.84. The number of hydrogen-bond acceptors (Lipinski definition) is 4. The summed E-state index contributed by atoms with van der Waals surface area (Å²) in [5.41, 5.74) is -0.590. The molecule has 22 heavy (non-hydrogen) atoms. The van der Waals surface area contributed by atoms with Crippen LogP contribution in [0.2, 0.25) is 0 Å². The highest BCUT2D eigenvalue weighted by molar-refractivity contribution is 5.79. The van der Waals surface area contributed by atoms with Gasteiger partial charge in [-0.05, 0) is 19.4 Å². The Bertz CT molecular complexity index is 664. The summed E-state index contributed by atoms with van der Waals surface area (Å²) in [6.07, 6.45) is 0.332. The molecule has 116 valence electrons. The zero-order chi connectivity index (χ0) is 15.7. The van der Waals surface area contributed by atoms with Crippen molar-refractivity contribution in [1.82, 2.24) is 15.0 Å². The molecule has 0 radical (unpaired) electrons. The van der Waals surface area contributed by atoms with Crippen LogP contribution < -0.4 is 0 Å². The minimum Gasteiger partial charge on any atom is -0.338 e. The number of amides is 1. The zero-order valence-electron chi connectivity index (χ0n) is 12.6. The maximum absolute atomic E-state index is 13.8. The van der Waals surface area contributed by atoms with Crippen LogP contribution in [0.1, 0.15) is 43.5 Å². The largest absolute Gasteiger partial charge is 0.338 e. The van der Waals surface area contributed by atoms with Crippen LogP contribution in [0.3, 0.4) is 0 Å². The van der Waals surface area contributed by atoms with Gasteiger partial charge < -0.3 is 9.42 Å². The van der Waals surface area contributed by atoms with Crippen molar-refractivity contribution in [3.8, 4) is 0 Å². The number of aromatic nitrogens is 2. The molecule has 3 rings (SSSR count). The van der Waals surface area contributed by atoms with Gasteiger partial charge in [0.2, 0.25) is 5.91 Å². The number of rotatable bonds is 4. The van der Waals surface area contributed by atoms with Gasteiger partial charge in [0.25, 0.3) is 5.89 Å². The van der Waals surface area contributed by atoms with Crippen LogP contribution in [0.4, 0.5) is 4.39 Å². The van der Waals surface area contributed by atoms with Crippen molar-refractivity contribution in [2.24, 2.45) is 0 Å². The number of likely N-dealkylation sites (tertiary alicyclic amines) is 1. The van der Waals surface area contributed by atoms with E-state index < -0.39 is 5.67 Å². The summed E-state index contributed by atoms with van der Waals surface area (Å²) >= 11 is 0. The minimum absolute atomic E-state index is 0.0449. The van der Waals surface area contributed by atoms with Gasteiger partial charge in [-0.2, -0.15) is 4.98 Å². The van der Waals surface area contributed by atoms with Gasteiger partial charge in [0.15, 0.2) is 11.5 Å². The van der Waals surface area contributed by atoms with E-state index in [1.807, 2.05) is 30.3 Å². The molecule has 2 heterocycles. The fraction of sp³-hybridized carbons (Fsp3) is 0.438. The smallest absolute Gasteiger partial charge is 0.263 e. The van der Waals surface area contributed by atoms with Gasteiger partial charge in [-0.15, -0.1) is 0 Å². The standard InChI is InChI=1S/C16H18FN3O2/c1-16(2,17)15-18-14(19-22-15)12-8-13(21)20(10-12)9-11-6-4-3-5-7-11/h3-7,12H,8-10H2,1-2H3. The summed E-state index contributed by atoms with van der Waals surface area (Å²) in [5.74, 6) is 0.275. The quantitative estimate of drug-likeness (QED) is 0.871. The molecule has 0 aliphatic carbocycles. The Balaban J connectivity index is 1.70. The molecule has 1 aliphatic heterocycles. The number of carbonyl (C=O) groups excluding carboxylic acids is 1. The fourth-order valence-electron chi connectivity index (χ4n) is 2.54. The lowest BCUT2D eigenvalue weighted by Gasteiger charge is -2.15. The Morgan fingerprint density at radius 2 is 2.09 bits per heavy atom. The molecule has 2 aromatic rings. The first-order valence-electron chi connectivity index (χ1n) is 7.28. The van der Waals surface area contributed by atoms with Crippen molar-refractivity contribution < 1.29 is 13.7 Å². The van der Waals surface area contributed by atoms with Crippen LogP contribution in [0, 0.1) is 0 Å². The number of alkyl halides is 1. The van der Waals surface area contributed by atoms with Crippen molar-refractivity contribution in [1.29, 1.82) is 0 Å². The van der Waals surface area contributed by atoms with Crippen molar-refractivity contribution in [3.63, 3.8) is 0 Å². The molecule has 1 saturated heterocycles. The summed E-state index contributed by atoms with van der Waals surface area (Å²) < 4.78 is 18.8. The van der Waals surface area contributed by atoms with Gasteiger partial charge in [0, 0.05) is 25.4 Å². The van der Waals surface area contributed by atoms with Crippen LogP contribution in [0.5, 0.6) is 0 Å². The monoisotopic (exact) mass is 303 g/mol. The first-order chi connectivity index (χ1) is 10.4. The van der Waals surface area contributed by atoms with E-state index in [1.165, 1.54) is 13.8 Å². The van der Waals surface area contributed by atoms with Crippen LogP contribution in [0.25, 0.3) is 0 Å². The molecule has 0 bridgehead atoms. The number of halogens is 1. The molecule has 1 atom stereocenters. The molecule has 1 amide bonds. The second kappa shape index (κ2) is 5.51.